The van der Waals surface area contributed by atoms with Gasteiger partial charge in [-0.3, -0.25) is 9.59 Å². The number of hydrogen-bond donors (Lipinski definition) is 2. The van der Waals surface area contributed by atoms with Crippen molar-refractivity contribution in [2.75, 3.05) is 5.32 Å². The fourth-order valence-electron chi connectivity index (χ4n) is 2.47. The van der Waals surface area contributed by atoms with E-state index >= 15 is 0 Å². The van der Waals surface area contributed by atoms with E-state index in [4.69, 9.17) is 4.74 Å². The van der Waals surface area contributed by atoms with E-state index < -0.39 is 0 Å². The van der Waals surface area contributed by atoms with Crippen molar-refractivity contribution in [2.24, 2.45) is 0 Å². The molecule has 3 rings (SSSR count). The molecular formula is C21H19N3O3. The second kappa shape index (κ2) is 8.62. The molecule has 0 aliphatic rings. The lowest BCUT2D eigenvalue weighted by Crippen LogP contribution is -2.23. The molecule has 0 bridgehead atoms. The molecule has 0 saturated carbocycles. The Morgan fingerprint density at radius 2 is 1.81 bits per heavy atom. The van der Waals surface area contributed by atoms with Crippen LogP contribution in [-0.2, 0) is 11.3 Å². The van der Waals surface area contributed by atoms with Gasteiger partial charge in [0.2, 0.25) is 11.8 Å². The molecule has 3 aromatic rings. The number of pyridine rings is 1. The summed E-state index contributed by atoms with van der Waals surface area (Å²) >= 11 is 0. The van der Waals surface area contributed by atoms with Crippen molar-refractivity contribution in [1.29, 1.82) is 0 Å². The van der Waals surface area contributed by atoms with Gasteiger partial charge < -0.3 is 15.4 Å². The highest BCUT2D eigenvalue weighted by Gasteiger charge is 2.10. The van der Waals surface area contributed by atoms with Gasteiger partial charge in [0.25, 0.3) is 5.91 Å². The molecule has 27 heavy (non-hydrogen) atoms. The number of rotatable bonds is 6. The van der Waals surface area contributed by atoms with E-state index in [0.29, 0.717) is 22.9 Å². The summed E-state index contributed by atoms with van der Waals surface area (Å²) in [7, 11) is 0. The molecule has 0 spiro atoms. The molecule has 2 amide bonds. The summed E-state index contributed by atoms with van der Waals surface area (Å²) in [6.45, 7) is 1.68. The van der Waals surface area contributed by atoms with Gasteiger partial charge in [0.05, 0.1) is 0 Å². The lowest BCUT2D eigenvalue weighted by molar-refractivity contribution is -0.114. The Labute approximate surface area is 157 Å². The molecular weight excluding hydrogens is 342 g/mol. The van der Waals surface area contributed by atoms with E-state index in [2.05, 4.69) is 15.6 Å². The number of nitrogens with zero attached hydrogens (tertiary/aromatic N) is 1. The number of ether oxygens (including phenoxy) is 1. The molecule has 0 unspecified atom stereocenters. The van der Waals surface area contributed by atoms with Crippen LogP contribution < -0.4 is 15.4 Å². The van der Waals surface area contributed by atoms with Gasteiger partial charge in [-0.15, -0.1) is 0 Å². The van der Waals surface area contributed by atoms with Crippen LogP contribution in [0.1, 0.15) is 22.8 Å². The normalized spacial score (nSPS) is 10.1. The molecule has 0 radical (unpaired) electrons. The first-order chi connectivity index (χ1) is 13.1. The highest BCUT2D eigenvalue weighted by molar-refractivity contribution is 5.96. The van der Waals surface area contributed by atoms with Crippen LogP contribution in [0.25, 0.3) is 0 Å². The topological polar surface area (TPSA) is 80.3 Å². The lowest BCUT2D eigenvalue weighted by Gasteiger charge is -2.11. The van der Waals surface area contributed by atoms with Gasteiger partial charge in [-0.2, -0.15) is 0 Å². The lowest BCUT2D eigenvalue weighted by atomic mass is 10.1. The van der Waals surface area contributed by atoms with Gasteiger partial charge in [-0.25, -0.2) is 4.98 Å². The van der Waals surface area contributed by atoms with Crippen LogP contribution in [0.3, 0.4) is 0 Å². The molecule has 6 heteroatoms. The minimum atomic E-state index is -0.253. The van der Waals surface area contributed by atoms with E-state index in [9.17, 15) is 9.59 Å². The first kappa shape index (κ1) is 18.1. The molecule has 0 fully saturated rings. The van der Waals surface area contributed by atoms with Crippen molar-refractivity contribution < 1.29 is 14.3 Å². The standard InChI is InChI=1S/C21H19N3O3/c1-15(25)24-18-9-5-7-16(13-18)20(26)23-14-17-8-6-12-22-21(17)27-19-10-3-2-4-11-19/h2-13H,14H2,1H3,(H,23,26)(H,24,25). The van der Waals surface area contributed by atoms with Crippen molar-refractivity contribution in [2.45, 2.75) is 13.5 Å². The third kappa shape index (κ3) is 5.15. The molecule has 2 N–H and O–H groups in total. The summed E-state index contributed by atoms with van der Waals surface area (Å²) in [5, 5.41) is 5.51. The van der Waals surface area contributed by atoms with Crippen LogP contribution in [0.4, 0.5) is 5.69 Å². The molecule has 0 aliphatic heterocycles. The minimum Gasteiger partial charge on any atom is -0.439 e. The maximum absolute atomic E-state index is 12.4. The number of aromatic nitrogens is 1. The second-order valence-corrected chi connectivity index (χ2v) is 5.83. The van der Waals surface area contributed by atoms with Gasteiger partial charge in [0.1, 0.15) is 5.75 Å². The Kier molecular flexibility index (Phi) is 5.79. The molecule has 136 valence electrons. The van der Waals surface area contributed by atoms with Crippen LogP contribution >= 0.6 is 0 Å². The van der Waals surface area contributed by atoms with E-state index in [1.165, 1.54) is 6.92 Å². The van der Waals surface area contributed by atoms with Crippen molar-refractivity contribution in [3.63, 3.8) is 0 Å². The first-order valence-corrected chi connectivity index (χ1v) is 8.44. The molecule has 6 nitrogen and oxygen atoms in total. The number of benzene rings is 2. The zero-order valence-corrected chi connectivity index (χ0v) is 14.8. The third-order valence-electron chi connectivity index (χ3n) is 3.69. The van der Waals surface area contributed by atoms with Crippen LogP contribution in [0.15, 0.2) is 72.9 Å². The summed E-state index contributed by atoms with van der Waals surface area (Å²) in [4.78, 5) is 27.9. The van der Waals surface area contributed by atoms with E-state index in [0.717, 1.165) is 5.56 Å². The first-order valence-electron chi connectivity index (χ1n) is 8.44. The summed E-state index contributed by atoms with van der Waals surface area (Å²) in [6.07, 6.45) is 1.64. The van der Waals surface area contributed by atoms with Crippen LogP contribution in [0.5, 0.6) is 11.6 Å². The van der Waals surface area contributed by atoms with E-state index in [1.54, 1.807) is 36.5 Å². The molecule has 0 atom stereocenters. The molecule has 1 heterocycles. The minimum absolute atomic E-state index is 0.189. The Balaban J connectivity index is 1.68. The fourth-order valence-corrected chi connectivity index (χ4v) is 2.47. The van der Waals surface area contributed by atoms with Crippen LogP contribution in [-0.4, -0.2) is 16.8 Å². The average molecular weight is 361 g/mol. The summed E-state index contributed by atoms with van der Waals surface area (Å²) in [5.41, 5.74) is 1.79. The smallest absolute Gasteiger partial charge is 0.251 e. The Morgan fingerprint density at radius 1 is 1.00 bits per heavy atom. The zero-order chi connectivity index (χ0) is 19.1. The summed E-state index contributed by atoms with van der Waals surface area (Å²) < 4.78 is 5.80. The number of anilines is 1. The van der Waals surface area contributed by atoms with Gasteiger partial charge in [-0.1, -0.05) is 30.3 Å². The third-order valence-corrected chi connectivity index (χ3v) is 3.69. The van der Waals surface area contributed by atoms with E-state index in [-0.39, 0.29) is 18.4 Å². The van der Waals surface area contributed by atoms with Crippen molar-refractivity contribution in [1.82, 2.24) is 10.3 Å². The fraction of sp³-hybridized carbons (Fsp3) is 0.0952. The monoisotopic (exact) mass is 361 g/mol. The van der Waals surface area contributed by atoms with Crippen LogP contribution in [0, 0.1) is 0 Å². The molecule has 2 aromatic carbocycles. The quantitative estimate of drug-likeness (QED) is 0.700. The van der Waals surface area contributed by atoms with Gasteiger partial charge in [-0.05, 0) is 36.4 Å². The highest BCUT2D eigenvalue weighted by Crippen LogP contribution is 2.22. The summed E-state index contributed by atoms with van der Waals surface area (Å²) in [5.74, 6) is 0.671. The largest absolute Gasteiger partial charge is 0.439 e. The van der Waals surface area contributed by atoms with Gasteiger partial charge >= 0.3 is 0 Å². The zero-order valence-electron chi connectivity index (χ0n) is 14.8. The van der Waals surface area contributed by atoms with Crippen LogP contribution in [0.2, 0.25) is 0 Å². The average Bonchev–Trinajstić information content (AvgIpc) is 2.67. The maximum atomic E-state index is 12.4. The number of hydrogen-bond acceptors (Lipinski definition) is 4. The number of para-hydroxylation sites is 1. The number of carbonyl (C=O) groups excluding carboxylic acids is 2. The molecule has 0 saturated heterocycles. The number of nitrogens with one attached hydrogen (secondary N) is 2. The second-order valence-electron chi connectivity index (χ2n) is 5.83. The SMILES string of the molecule is CC(=O)Nc1cccc(C(=O)NCc2cccnc2Oc2ccccc2)c1. The highest BCUT2D eigenvalue weighted by atomic mass is 16.5. The predicted octanol–water partition coefficient (Wildman–Crippen LogP) is 3.76. The van der Waals surface area contributed by atoms with Crippen molar-refractivity contribution >= 4 is 17.5 Å². The Bertz CT molecular complexity index is 942. The van der Waals surface area contributed by atoms with Gasteiger partial charge in [0, 0.05) is 36.5 Å². The van der Waals surface area contributed by atoms with Gasteiger partial charge in [0.15, 0.2) is 0 Å². The number of carbonyl (C=O) groups is 2. The molecule has 1 aromatic heterocycles. The molecule has 0 aliphatic carbocycles. The maximum Gasteiger partial charge on any atom is 0.251 e. The Morgan fingerprint density at radius 3 is 2.59 bits per heavy atom. The van der Waals surface area contributed by atoms with E-state index in [1.807, 2.05) is 36.4 Å². The summed E-state index contributed by atoms with van der Waals surface area (Å²) in [6, 6.07) is 19.7. The van der Waals surface area contributed by atoms with Crippen molar-refractivity contribution in [3.05, 3.63) is 84.1 Å². The Hall–Kier alpha value is -3.67. The number of amides is 2. The predicted molar refractivity (Wildman–Crippen MR) is 103 cm³/mol. The van der Waals surface area contributed by atoms with Crippen molar-refractivity contribution in [3.8, 4) is 11.6 Å².